The summed E-state index contributed by atoms with van der Waals surface area (Å²) in [6.07, 6.45) is 6.82. The molecule has 3 nitrogen and oxygen atoms in total. The molecule has 0 saturated heterocycles. The van der Waals surface area contributed by atoms with Gasteiger partial charge in [-0.05, 0) is 43.0 Å². The summed E-state index contributed by atoms with van der Waals surface area (Å²) in [6, 6.07) is 12.5. The molecule has 1 aliphatic carbocycles. The highest BCUT2D eigenvalue weighted by Gasteiger charge is 2.15. The van der Waals surface area contributed by atoms with Crippen molar-refractivity contribution in [2.75, 3.05) is 10.6 Å². The van der Waals surface area contributed by atoms with E-state index in [-0.39, 0.29) is 11.7 Å². The quantitative estimate of drug-likeness (QED) is 0.626. The van der Waals surface area contributed by atoms with Gasteiger partial charge >= 0.3 is 0 Å². The molecule has 0 heterocycles. The van der Waals surface area contributed by atoms with Crippen molar-refractivity contribution in [3.8, 4) is 0 Å². The van der Waals surface area contributed by atoms with Crippen LogP contribution >= 0.6 is 15.9 Å². The third kappa shape index (κ3) is 4.92. The molecular weight excluding hydrogens is 383 g/mol. The minimum absolute atomic E-state index is 0.000576. The summed E-state index contributed by atoms with van der Waals surface area (Å²) in [5.41, 5.74) is 2.06. The van der Waals surface area contributed by atoms with E-state index in [2.05, 4.69) is 38.7 Å². The summed E-state index contributed by atoms with van der Waals surface area (Å²) in [5, 5.41) is 6.17. The maximum atomic E-state index is 13.9. The molecule has 2 aromatic rings. The summed E-state index contributed by atoms with van der Waals surface area (Å²) >= 11 is 3.25. The second-order valence-electron chi connectivity index (χ2n) is 6.15. The molecule has 130 valence electrons. The Morgan fingerprint density at radius 2 is 2.00 bits per heavy atom. The van der Waals surface area contributed by atoms with Crippen LogP contribution in [0, 0.1) is 11.7 Å². The van der Waals surface area contributed by atoms with E-state index in [0.29, 0.717) is 34.6 Å². The van der Waals surface area contributed by atoms with Crippen molar-refractivity contribution in [3.63, 3.8) is 0 Å². The van der Waals surface area contributed by atoms with Crippen LogP contribution in [0.25, 0.3) is 0 Å². The van der Waals surface area contributed by atoms with E-state index in [1.165, 1.54) is 6.07 Å². The topological polar surface area (TPSA) is 41.1 Å². The van der Waals surface area contributed by atoms with Gasteiger partial charge in [0, 0.05) is 23.0 Å². The fourth-order valence-corrected chi connectivity index (χ4v) is 3.24. The third-order valence-electron chi connectivity index (χ3n) is 4.25. The van der Waals surface area contributed by atoms with E-state index < -0.39 is 0 Å². The first-order valence-corrected chi connectivity index (χ1v) is 9.14. The lowest BCUT2D eigenvalue weighted by Crippen LogP contribution is -2.16. The van der Waals surface area contributed by atoms with E-state index >= 15 is 0 Å². The van der Waals surface area contributed by atoms with Crippen molar-refractivity contribution in [2.45, 2.75) is 25.8 Å². The van der Waals surface area contributed by atoms with Crippen LogP contribution in [0.4, 0.5) is 15.8 Å². The van der Waals surface area contributed by atoms with E-state index in [1.807, 2.05) is 30.3 Å². The minimum atomic E-state index is -0.267. The number of carbonyl (C=O) groups is 1. The maximum absolute atomic E-state index is 13.9. The van der Waals surface area contributed by atoms with Gasteiger partial charge in [0.05, 0.1) is 11.4 Å². The molecule has 25 heavy (non-hydrogen) atoms. The summed E-state index contributed by atoms with van der Waals surface area (Å²) in [7, 11) is 0. The highest BCUT2D eigenvalue weighted by molar-refractivity contribution is 9.10. The average molecular weight is 403 g/mol. The van der Waals surface area contributed by atoms with Crippen molar-refractivity contribution in [2.24, 2.45) is 5.92 Å². The number of para-hydroxylation sites is 2. The monoisotopic (exact) mass is 402 g/mol. The Morgan fingerprint density at radius 3 is 2.72 bits per heavy atom. The number of benzene rings is 2. The van der Waals surface area contributed by atoms with E-state index in [9.17, 15) is 9.18 Å². The van der Waals surface area contributed by atoms with Gasteiger partial charge in [0.1, 0.15) is 5.82 Å². The lowest BCUT2D eigenvalue weighted by molar-refractivity contribution is -0.116. The van der Waals surface area contributed by atoms with Gasteiger partial charge < -0.3 is 10.6 Å². The van der Waals surface area contributed by atoms with E-state index in [4.69, 9.17) is 0 Å². The van der Waals surface area contributed by atoms with Gasteiger partial charge in [-0.2, -0.15) is 0 Å². The van der Waals surface area contributed by atoms with Crippen LogP contribution in [0.1, 0.15) is 24.8 Å². The molecule has 0 spiro atoms. The molecule has 0 aromatic heterocycles. The number of rotatable bonds is 6. The maximum Gasteiger partial charge on any atom is 0.225 e. The fourth-order valence-electron chi connectivity index (χ4n) is 2.91. The Balaban J connectivity index is 1.63. The number of halogens is 2. The standard InChI is InChI=1S/C20H20BrFN2O/c21-16-10-9-15(17(22)12-16)13-23-18-7-3-4-8-19(18)24-20(25)11-14-5-1-2-6-14/h1,3-5,7-10,12,14,23H,2,6,11,13H2,(H,24,25). The van der Waals surface area contributed by atoms with Crippen LogP contribution in [0.15, 0.2) is 59.1 Å². The highest BCUT2D eigenvalue weighted by Crippen LogP contribution is 2.25. The molecule has 1 aliphatic rings. The average Bonchev–Trinajstić information content (AvgIpc) is 3.08. The van der Waals surface area contributed by atoms with Gasteiger partial charge in [0.15, 0.2) is 0 Å². The molecule has 0 saturated carbocycles. The van der Waals surface area contributed by atoms with Crippen molar-refractivity contribution >= 4 is 33.2 Å². The Bertz CT molecular complexity index is 791. The van der Waals surface area contributed by atoms with Crippen LogP contribution in [0.5, 0.6) is 0 Å². The van der Waals surface area contributed by atoms with Crippen molar-refractivity contribution < 1.29 is 9.18 Å². The largest absolute Gasteiger partial charge is 0.379 e. The molecule has 2 N–H and O–H groups in total. The van der Waals surface area contributed by atoms with Gasteiger partial charge in [-0.3, -0.25) is 4.79 Å². The molecule has 0 bridgehead atoms. The predicted octanol–water partition coefficient (Wildman–Crippen LogP) is 5.50. The van der Waals surface area contributed by atoms with Gasteiger partial charge in [0.25, 0.3) is 0 Å². The minimum Gasteiger partial charge on any atom is -0.379 e. The molecule has 2 aromatic carbocycles. The molecular formula is C20H20BrFN2O. The molecule has 1 atom stereocenters. The van der Waals surface area contributed by atoms with Crippen molar-refractivity contribution in [1.29, 1.82) is 0 Å². The zero-order valence-electron chi connectivity index (χ0n) is 13.8. The van der Waals surface area contributed by atoms with Gasteiger partial charge in [0.2, 0.25) is 5.91 Å². The number of anilines is 2. The first kappa shape index (κ1) is 17.7. The Morgan fingerprint density at radius 1 is 1.20 bits per heavy atom. The Labute approximate surface area is 155 Å². The number of amides is 1. The second-order valence-corrected chi connectivity index (χ2v) is 7.07. The number of allylic oxidation sites excluding steroid dienone is 2. The molecule has 0 aliphatic heterocycles. The lowest BCUT2D eigenvalue weighted by atomic mass is 10.0. The summed E-state index contributed by atoms with van der Waals surface area (Å²) in [4.78, 5) is 12.2. The van der Waals surface area contributed by atoms with E-state index in [1.54, 1.807) is 6.07 Å². The molecule has 1 unspecified atom stereocenters. The summed E-state index contributed by atoms with van der Waals surface area (Å²) < 4.78 is 14.7. The van der Waals surface area contributed by atoms with Crippen LogP contribution in [-0.4, -0.2) is 5.91 Å². The molecule has 0 radical (unpaired) electrons. The SMILES string of the molecule is O=C(CC1C=CCC1)Nc1ccccc1NCc1ccc(Br)cc1F. The Hall–Kier alpha value is -2.14. The predicted molar refractivity (Wildman–Crippen MR) is 103 cm³/mol. The molecule has 1 amide bonds. The zero-order valence-corrected chi connectivity index (χ0v) is 15.4. The number of carbonyl (C=O) groups excluding carboxylic acids is 1. The van der Waals surface area contributed by atoms with Crippen LogP contribution in [0.3, 0.4) is 0 Å². The first-order chi connectivity index (χ1) is 12.1. The normalized spacial score (nSPS) is 16.0. The third-order valence-corrected chi connectivity index (χ3v) is 4.74. The smallest absolute Gasteiger partial charge is 0.225 e. The number of hydrogen-bond donors (Lipinski definition) is 2. The van der Waals surface area contributed by atoms with E-state index in [0.717, 1.165) is 18.5 Å². The summed E-state index contributed by atoms with van der Waals surface area (Å²) in [5.74, 6) is 0.0639. The second kappa shape index (κ2) is 8.30. The Kier molecular flexibility index (Phi) is 5.87. The van der Waals surface area contributed by atoms with Gasteiger partial charge in [-0.1, -0.05) is 46.3 Å². The van der Waals surface area contributed by atoms with Crippen molar-refractivity contribution in [1.82, 2.24) is 0 Å². The zero-order chi connectivity index (χ0) is 17.6. The number of nitrogens with one attached hydrogen (secondary N) is 2. The molecule has 5 heteroatoms. The fraction of sp³-hybridized carbons (Fsp3) is 0.250. The number of hydrogen-bond acceptors (Lipinski definition) is 2. The molecule has 0 fully saturated rings. The highest BCUT2D eigenvalue weighted by atomic mass is 79.9. The van der Waals surface area contributed by atoms with Crippen LogP contribution in [0.2, 0.25) is 0 Å². The lowest BCUT2D eigenvalue weighted by Gasteiger charge is -2.14. The summed E-state index contributed by atoms with van der Waals surface area (Å²) in [6.45, 7) is 0.345. The first-order valence-electron chi connectivity index (χ1n) is 8.35. The van der Waals surface area contributed by atoms with Crippen LogP contribution in [-0.2, 0) is 11.3 Å². The van der Waals surface area contributed by atoms with Gasteiger partial charge in [-0.25, -0.2) is 4.39 Å². The van der Waals surface area contributed by atoms with Crippen LogP contribution < -0.4 is 10.6 Å². The van der Waals surface area contributed by atoms with Gasteiger partial charge in [-0.15, -0.1) is 0 Å². The molecule has 3 rings (SSSR count). The van der Waals surface area contributed by atoms with Crippen molar-refractivity contribution in [3.05, 3.63) is 70.5 Å².